The number of carbonyl (C=O) groups excluding carboxylic acids is 2. The predicted octanol–water partition coefficient (Wildman–Crippen LogP) is 4.24. The Balaban J connectivity index is 1.67. The van der Waals surface area contributed by atoms with Crippen molar-refractivity contribution in [1.29, 1.82) is 0 Å². The van der Waals surface area contributed by atoms with E-state index in [2.05, 4.69) is 15.8 Å². The Labute approximate surface area is 159 Å². The van der Waals surface area contributed by atoms with E-state index in [0.717, 1.165) is 10.8 Å². The Hall–Kier alpha value is -2.89. The van der Waals surface area contributed by atoms with E-state index in [1.165, 1.54) is 6.21 Å². The summed E-state index contributed by atoms with van der Waals surface area (Å²) in [5.74, 6) is -1.72. The third kappa shape index (κ3) is 4.02. The molecule has 0 atom stereocenters. The van der Waals surface area contributed by atoms with Crippen molar-refractivity contribution in [3.8, 4) is 0 Å². The number of rotatable bonds is 3. The molecule has 3 rings (SSSR count). The largest absolute Gasteiger partial charge is 0.329 e. The van der Waals surface area contributed by atoms with E-state index in [0.29, 0.717) is 21.3 Å². The molecule has 0 heterocycles. The highest BCUT2D eigenvalue weighted by Gasteiger charge is 2.14. The lowest BCUT2D eigenvalue weighted by molar-refractivity contribution is -0.136. The zero-order valence-electron chi connectivity index (χ0n) is 13.4. The maximum absolute atomic E-state index is 12.1. The highest BCUT2D eigenvalue weighted by Crippen LogP contribution is 2.24. The van der Waals surface area contributed by atoms with Crippen LogP contribution in [-0.2, 0) is 9.59 Å². The number of nitrogens with one attached hydrogen (secondary N) is 2. The minimum atomic E-state index is -0.896. The molecule has 3 aromatic carbocycles. The maximum atomic E-state index is 12.1. The Bertz CT molecular complexity index is 1010. The zero-order chi connectivity index (χ0) is 18.5. The monoisotopic (exact) mass is 385 g/mol. The first kappa shape index (κ1) is 17.9. The lowest BCUT2D eigenvalue weighted by Crippen LogP contribution is -2.32. The smallest absolute Gasteiger partial charge is 0.317 e. The van der Waals surface area contributed by atoms with Crippen molar-refractivity contribution in [3.05, 3.63) is 76.3 Å². The molecule has 0 aromatic heterocycles. The zero-order valence-corrected chi connectivity index (χ0v) is 14.9. The van der Waals surface area contributed by atoms with Gasteiger partial charge >= 0.3 is 11.8 Å². The van der Waals surface area contributed by atoms with Crippen molar-refractivity contribution in [2.45, 2.75) is 0 Å². The van der Waals surface area contributed by atoms with Gasteiger partial charge in [-0.15, -0.1) is 0 Å². The van der Waals surface area contributed by atoms with Crippen LogP contribution in [0.1, 0.15) is 5.56 Å². The average Bonchev–Trinajstić information content (AvgIpc) is 2.65. The minimum absolute atomic E-state index is 0.312. The third-order valence-corrected chi connectivity index (χ3v) is 4.43. The second kappa shape index (κ2) is 7.99. The summed E-state index contributed by atoms with van der Waals surface area (Å²) in [5.41, 5.74) is 3.23. The topological polar surface area (TPSA) is 70.6 Å². The van der Waals surface area contributed by atoms with Crippen LogP contribution in [0.25, 0.3) is 10.8 Å². The molecule has 0 fully saturated rings. The fourth-order valence-electron chi connectivity index (χ4n) is 2.34. The van der Waals surface area contributed by atoms with Crippen LogP contribution < -0.4 is 10.7 Å². The van der Waals surface area contributed by atoms with Crippen molar-refractivity contribution in [3.63, 3.8) is 0 Å². The van der Waals surface area contributed by atoms with Gasteiger partial charge in [-0.3, -0.25) is 9.59 Å². The van der Waals surface area contributed by atoms with Crippen molar-refractivity contribution in [1.82, 2.24) is 5.43 Å². The standard InChI is InChI=1S/C19H13Cl2N3O2/c20-15-9-3-7-13(17(15)21)11-22-24-19(26)18(25)23-16-10-4-6-12-5-1-2-8-14(12)16/h1-11H,(H,23,25)(H,24,26)/b22-11-. The maximum Gasteiger partial charge on any atom is 0.329 e. The number of fused-ring (bicyclic) bond motifs is 1. The van der Waals surface area contributed by atoms with E-state index in [4.69, 9.17) is 23.2 Å². The molecule has 7 heteroatoms. The van der Waals surface area contributed by atoms with E-state index in [9.17, 15) is 9.59 Å². The van der Waals surface area contributed by atoms with Gasteiger partial charge in [0, 0.05) is 16.6 Å². The molecule has 0 unspecified atom stereocenters. The molecule has 2 amide bonds. The van der Waals surface area contributed by atoms with Crippen LogP contribution in [0, 0.1) is 0 Å². The van der Waals surface area contributed by atoms with Crippen LogP contribution in [0.3, 0.4) is 0 Å². The van der Waals surface area contributed by atoms with Crippen LogP contribution >= 0.6 is 23.2 Å². The van der Waals surface area contributed by atoms with E-state index in [-0.39, 0.29) is 0 Å². The molecule has 0 saturated carbocycles. The van der Waals surface area contributed by atoms with Gasteiger partial charge in [-0.1, -0.05) is 71.7 Å². The summed E-state index contributed by atoms with van der Waals surface area (Å²) in [6, 6.07) is 18.0. The van der Waals surface area contributed by atoms with Gasteiger partial charge in [-0.25, -0.2) is 5.43 Å². The Morgan fingerprint density at radius 1 is 0.885 bits per heavy atom. The van der Waals surface area contributed by atoms with Crippen LogP contribution in [0.15, 0.2) is 65.8 Å². The number of halogens is 2. The van der Waals surface area contributed by atoms with Gasteiger partial charge in [0.1, 0.15) is 0 Å². The Morgan fingerprint density at radius 2 is 1.62 bits per heavy atom. The van der Waals surface area contributed by atoms with Crippen molar-refractivity contribution < 1.29 is 9.59 Å². The van der Waals surface area contributed by atoms with Gasteiger partial charge in [-0.05, 0) is 17.5 Å². The first-order chi connectivity index (χ1) is 12.6. The summed E-state index contributed by atoms with van der Waals surface area (Å²) in [4.78, 5) is 24.0. The van der Waals surface area contributed by atoms with Gasteiger partial charge < -0.3 is 5.32 Å². The lowest BCUT2D eigenvalue weighted by Gasteiger charge is -2.07. The van der Waals surface area contributed by atoms with Crippen molar-refractivity contribution in [2.75, 3.05) is 5.32 Å². The van der Waals surface area contributed by atoms with Crippen LogP contribution in [-0.4, -0.2) is 18.0 Å². The number of hydrogen-bond acceptors (Lipinski definition) is 3. The van der Waals surface area contributed by atoms with Crippen molar-refractivity contribution in [2.24, 2.45) is 5.10 Å². The molecular formula is C19H13Cl2N3O2. The average molecular weight is 386 g/mol. The fraction of sp³-hybridized carbons (Fsp3) is 0. The molecule has 5 nitrogen and oxygen atoms in total. The molecule has 0 aliphatic heterocycles. The van der Waals surface area contributed by atoms with E-state index in [1.807, 2.05) is 30.3 Å². The first-order valence-corrected chi connectivity index (χ1v) is 8.38. The molecule has 0 spiro atoms. The number of carbonyl (C=O) groups is 2. The van der Waals surface area contributed by atoms with Gasteiger partial charge in [0.15, 0.2) is 0 Å². The SMILES string of the molecule is O=C(N/N=C\c1cccc(Cl)c1Cl)C(=O)Nc1cccc2ccccc12. The summed E-state index contributed by atoms with van der Waals surface area (Å²) in [7, 11) is 0. The summed E-state index contributed by atoms with van der Waals surface area (Å²) in [6.45, 7) is 0. The summed E-state index contributed by atoms with van der Waals surface area (Å²) in [5, 5.41) is 8.80. The molecule has 26 heavy (non-hydrogen) atoms. The molecule has 0 aliphatic rings. The van der Waals surface area contributed by atoms with Gasteiger partial charge in [0.2, 0.25) is 0 Å². The summed E-state index contributed by atoms with van der Waals surface area (Å²) >= 11 is 11.9. The quantitative estimate of drug-likeness (QED) is 0.402. The van der Waals surface area contributed by atoms with Gasteiger partial charge in [-0.2, -0.15) is 5.10 Å². The number of hydrogen-bond donors (Lipinski definition) is 2. The van der Waals surface area contributed by atoms with E-state index in [1.54, 1.807) is 30.3 Å². The third-order valence-electron chi connectivity index (χ3n) is 3.60. The Morgan fingerprint density at radius 3 is 2.46 bits per heavy atom. The Kier molecular flexibility index (Phi) is 5.51. The van der Waals surface area contributed by atoms with Crippen molar-refractivity contribution >= 4 is 57.7 Å². The minimum Gasteiger partial charge on any atom is -0.317 e. The number of benzene rings is 3. The van der Waals surface area contributed by atoms with Crippen LogP contribution in [0.2, 0.25) is 10.0 Å². The molecule has 0 radical (unpaired) electrons. The molecule has 0 aliphatic carbocycles. The fourth-order valence-corrected chi connectivity index (χ4v) is 2.70. The summed E-state index contributed by atoms with van der Waals surface area (Å²) in [6.07, 6.45) is 1.32. The van der Waals surface area contributed by atoms with Gasteiger partial charge in [0.05, 0.1) is 16.3 Å². The molecule has 0 saturated heterocycles. The number of amides is 2. The number of anilines is 1. The second-order valence-corrected chi connectivity index (χ2v) is 6.11. The lowest BCUT2D eigenvalue weighted by atomic mass is 10.1. The highest BCUT2D eigenvalue weighted by molar-refractivity contribution is 6.43. The van der Waals surface area contributed by atoms with E-state index < -0.39 is 11.8 Å². The molecule has 130 valence electrons. The molecule has 0 bridgehead atoms. The van der Waals surface area contributed by atoms with Crippen LogP contribution in [0.5, 0.6) is 0 Å². The number of hydrazone groups is 1. The predicted molar refractivity (Wildman–Crippen MR) is 105 cm³/mol. The first-order valence-electron chi connectivity index (χ1n) is 7.62. The van der Waals surface area contributed by atoms with Crippen LogP contribution in [0.4, 0.5) is 5.69 Å². The molecule has 3 aromatic rings. The van der Waals surface area contributed by atoms with Gasteiger partial charge in [0.25, 0.3) is 0 Å². The molecular weight excluding hydrogens is 373 g/mol. The molecule has 2 N–H and O–H groups in total. The second-order valence-electron chi connectivity index (χ2n) is 5.32. The summed E-state index contributed by atoms with van der Waals surface area (Å²) < 4.78 is 0. The normalized spacial score (nSPS) is 10.8. The number of nitrogens with zero attached hydrogens (tertiary/aromatic N) is 1. The van der Waals surface area contributed by atoms with E-state index >= 15 is 0 Å². The highest BCUT2D eigenvalue weighted by atomic mass is 35.5.